The van der Waals surface area contributed by atoms with Crippen molar-refractivity contribution >= 4 is 28.9 Å². The van der Waals surface area contributed by atoms with Gasteiger partial charge in [-0.05, 0) is 57.0 Å². The first-order chi connectivity index (χ1) is 16.0. The molecule has 10 heteroatoms. The number of benzene rings is 1. The van der Waals surface area contributed by atoms with Crippen LogP contribution in [0.25, 0.3) is 5.76 Å². The molecule has 6 N–H and O–H groups in total. The average Bonchev–Trinajstić information content (AvgIpc) is 2.70. The van der Waals surface area contributed by atoms with Gasteiger partial charge in [-0.25, -0.2) is 0 Å². The van der Waals surface area contributed by atoms with Crippen LogP contribution in [0.15, 0.2) is 29.0 Å². The van der Waals surface area contributed by atoms with E-state index in [9.17, 15) is 34.8 Å². The van der Waals surface area contributed by atoms with Crippen LogP contribution in [-0.2, 0) is 20.8 Å². The number of amides is 1. The van der Waals surface area contributed by atoms with E-state index in [-0.39, 0.29) is 23.3 Å². The van der Waals surface area contributed by atoms with Crippen molar-refractivity contribution in [3.05, 3.63) is 40.2 Å². The Labute approximate surface area is 195 Å². The second-order valence-corrected chi connectivity index (χ2v) is 9.76. The number of fused-ring (bicyclic) bond motifs is 3. The minimum Gasteiger partial charge on any atom is -0.508 e. The van der Waals surface area contributed by atoms with Crippen molar-refractivity contribution < 1.29 is 34.8 Å². The molecule has 1 aromatic carbocycles. The number of carbonyl (C=O) groups is 3. The Hall–Kier alpha value is -3.37. The largest absolute Gasteiger partial charge is 0.508 e. The molecule has 1 aliphatic heterocycles. The van der Waals surface area contributed by atoms with Gasteiger partial charge in [-0.15, -0.1) is 0 Å². The van der Waals surface area contributed by atoms with Gasteiger partial charge >= 0.3 is 0 Å². The van der Waals surface area contributed by atoms with Crippen LogP contribution in [0.5, 0.6) is 5.75 Å². The van der Waals surface area contributed by atoms with E-state index in [0.717, 1.165) is 25.2 Å². The number of nitrogens with two attached hydrogens (primary N) is 1. The number of carbonyl (C=O) groups excluding carboxylic acids is 3. The van der Waals surface area contributed by atoms with Crippen LogP contribution in [0.3, 0.4) is 0 Å². The Morgan fingerprint density at radius 3 is 2.41 bits per heavy atom. The SMILES string of the molecule is CN(C)[C@H]1C(=O)C(C(N)=O)=C(O)[C@@]2(O)C(=O)C3=C(O)c4c(O)ccc(N5CCC5)c4C[C@H]3CC12. The highest BCUT2D eigenvalue weighted by molar-refractivity contribution is 6.24. The lowest BCUT2D eigenvalue weighted by atomic mass is 9.57. The zero-order valence-electron chi connectivity index (χ0n) is 18.9. The van der Waals surface area contributed by atoms with E-state index in [0.29, 0.717) is 12.0 Å². The first-order valence-electron chi connectivity index (χ1n) is 11.2. The Bertz CT molecular complexity index is 1210. The van der Waals surface area contributed by atoms with Crippen LogP contribution in [0.1, 0.15) is 24.0 Å². The van der Waals surface area contributed by atoms with Gasteiger partial charge < -0.3 is 31.1 Å². The second-order valence-electron chi connectivity index (χ2n) is 9.76. The third-order valence-electron chi connectivity index (χ3n) is 7.78. The second kappa shape index (κ2) is 7.31. The summed E-state index contributed by atoms with van der Waals surface area (Å²) in [5.74, 6) is -6.39. The van der Waals surface area contributed by atoms with Gasteiger partial charge in [0.05, 0.1) is 11.6 Å². The van der Waals surface area contributed by atoms with Crippen LogP contribution in [0, 0.1) is 11.8 Å². The number of Topliss-reactive ketones (excluding diaryl/α,β-unsaturated/α-hetero) is 2. The highest BCUT2D eigenvalue weighted by Crippen LogP contribution is 2.53. The Morgan fingerprint density at radius 1 is 1.18 bits per heavy atom. The number of phenolic OH excluding ortho intramolecular Hbond substituents is 1. The van der Waals surface area contributed by atoms with Crippen LogP contribution in [0.4, 0.5) is 5.69 Å². The standard InChI is InChI=1S/C24H27N3O7/c1-26(2)18-12-9-10-8-11-13(27-6-3-7-27)4-5-14(28)16(11)19(29)15(10)21(31)24(12,34)22(32)17(20(18)30)23(25)33/h4-5,10,12,18,28-29,32,34H,3,6-9H2,1-2H3,(H2,25,33)/t10-,12?,18+,24-/m0/s1. The maximum Gasteiger partial charge on any atom is 0.255 e. The fraction of sp³-hybridized carbons (Fsp3) is 0.458. The van der Waals surface area contributed by atoms with Gasteiger partial charge in [-0.2, -0.15) is 0 Å². The molecular formula is C24H27N3O7. The number of aromatic hydroxyl groups is 1. The zero-order valence-corrected chi connectivity index (χ0v) is 18.9. The molecule has 1 unspecified atom stereocenters. The molecule has 34 heavy (non-hydrogen) atoms. The van der Waals surface area contributed by atoms with E-state index < -0.39 is 58.0 Å². The summed E-state index contributed by atoms with van der Waals surface area (Å²) in [5.41, 5.74) is 3.44. The molecule has 180 valence electrons. The molecule has 0 bridgehead atoms. The van der Waals surface area contributed by atoms with Crippen molar-refractivity contribution in [3.63, 3.8) is 0 Å². The highest BCUT2D eigenvalue weighted by atomic mass is 16.3. The number of aliphatic hydroxyl groups is 3. The van der Waals surface area contributed by atoms with E-state index in [1.807, 2.05) is 0 Å². The Balaban J connectivity index is 1.72. The molecule has 10 nitrogen and oxygen atoms in total. The van der Waals surface area contributed by atoms with Gasteiger partial charge in [-0.1, -0.05) is 0 Å². The lowest BCUT2D eigenvalue weighted by Crippen LogP contribution is -2.65. The summed E-state index contributed by atoms with van der Waals surface area (Å²) in [7, 11) is 3.15. The number of hydrogen-bond acceptors (Lipinski definition) is 9. The number of rotatable bonds is 3. The summed E-state index contributed by atoms with van der Waals surface area (Å²) >= 11 is 0. The molecule has 5 rings (SSSR count). The number of likely N-dealkylation sites (N-methyl/N-ethyl adjacent to an activating group) is 1. The van der Waals surface area contributed by atoms with Gasteiger partial charge in [-0.3, -0.25) is 19.3 Å². The number of aliphatic hydroxyl groups excluding tert-OH is 2. The lowest BCUT2D eigenvalue weighted by molar-refractivity contribution is -0.153. The monoisotopic (exact) mass is 469 g/mol. The number of phenols is 1. The molecule has 1 heterocycles. The molecule has 0 aromatic heterocycles. The molecule has 1 saturated carbocycles. The first kappa shape index (κ1) is 22.4. The molecule has 4 atom stereocenters. The Kier molecular flexibility index (Phi) is 4.82. The van der Waals surface area contributed by atoms with E-state index in [1.165, 1.54) is 11.0 Å². The van der Waals surface area contributed by atoms with Gasteiger partial charge in [0.15, 0.2) is 11.4 Å². The smallest absolute Gasteiger partial charge is 0.255 e. The Morgan fingerprint density at radius 2 is 1.85 bits per heavy atom. The van der Waals surface area contributed by atoms with Crippen LogP contribution < -0.4 is 10.6 Å². The van der Waals surface area contributed by atoms with Crippen molar-refractivity contribution in [2.45, 2.75) is 30.9 Å². The number of anilines is 1. The molecule has 0 spiro atoms. The molecule has 0 radical (unpaired) electrons. The third-order valence-corrected chi connectivity index (χ3v) is 7.78. The zero-order chi connectivity index (χ0) is 24.7. The first-order valence-corrected chi connectivity index (χ1v) is 11.2. The molecule has 1 amide bonds. The predicted molar refractivity (Wildman–Crippen MR) is 121 cm³/mol. The average molecular weight is 469 g/mol. The highest BCUT2D eigenvalue weighted by Gasteiger charge is 2.64. The van der Waals surface area contributed by atoms with Crippen LogP contribution >= 0.6 is 0 Å². The summed E-state index contributed by atoms with van der Waals surface area (Å²) in [6, 6.07) is 2.15. The summed E-state index contributed by atoms with van der Waals surface area (Å²) in [6.45, 7) is 1.68. The summed E-state index contributed by atoms with van der Waals surface area (Å²) in [6.07, 6.45) is 1.41. The maximum absolute atomic E-state index is 13.8. The van der Waals surface area contributed by atoms with Crippen molar-refractivity contribution in [3.8, 4) is 5.75 Å². The van der Waals surface area contributed by atoms with Crippen molar-refractivity contribution in [2.75, 3.05) is 32.1 Å². The molecule has 3 aliphatic carbocycles. The van der Waals surface area contributed by atoms with E-state index >= 15 is 0 Å². The number of primary amides is 1. The van der Waals surface area contributed by atoms with Gasteiger partial charge in [0.1, 0.15) is 22.8 Å². The molecular weight excluding hydrogens is 442 g/mol. The third kappa shape index (κ3) is 2.72. The van der Waals surface area contributed by atoms with E-state index in [1.54, 1.807) is 20.2 Å². The molecule has 1 aromatic rings. The van der Waals surface area contributed by atoms with Crippen molar-refractivity contribution in [2.24, 2.45) is 17.6 Å². The lowest BCUT2D eigenvalue weighted by Gasteiger charge is -2.50. The fourth-order valence-electron chi connectivity index (χ4n) is 6.08. The summed E-state index contributed by atoms with van der Waals surface area (Å²) < 4.78 is 0. The van der Waals surface area contributed by atoms with Crippen LogP contribution in [-0.4, -0.2) is 81.6 Å². The number of nitrogens with zero attached hydrogens (tertiary/aromatic N) is 2. The molecule has 1 saturated heterocycles. The van der Waals surface area contributed by atoms with E-state index in [4.69, 9.17) is 5.73 Å². The fourth-order valence-corrected chi connectivity index (χ4v) is 6.08. The topological polar surface area (TPSA) is 165 Å². The normalized spacial score (nSPS) is 30.7. The van der Waals surface area contributed by atoms with Crippen LogP contribution in [0.2, 0.25) is 0 Å². The van der Waals surface area contributed by atoms with Gasteiger partial charge in [0, 0.05) is 30.3 Å². The molecule has 4 aliphatic rings. The van der Waals surface area contributed by atoms with Gasteiger partial charge in [0.2, 0.25) is 5.78 Å². The predicted octanol–water partition coefficient (Wildman–Crippen LogP) is 0.174. The maximum atomic E-state index is 13.8. The molecule has 2 fully saturated rings. The number of hydrogen-bond donors (Lipinski definition) is 5. The van der Waals surface area contributed by atoms with E-state index in [2.05, 4.69) is 4.90 Å². The minimum atomic E-state index is -2.62. The summed E-state index contributed by atoms with van der Waals surface area (Å²) in [5, 5.41) is 44.2. The van der Waals surface area contributed by atoms with Crippen molar-refractivity contribution in [1.29, 1.82) is 0 Å². The summed E-state index contributed by atoms with van der Waals surface area (Å²) in [4.78, 5) is 42.5. The van der Waals surface area contributed by atoms with Gasteiger partial charge in [0.25, 0.3) is 5.91 Å². The minimum absolute atomic E-state index is 0.0842. The quantitative estimate of drug-likeness (QED) is 0.388. The van der Waals surface area contributed by atoms with Crippen molar-refractivity contribution in [1.82, 2.24) is 4.90 Å². The number of ketones is 2.